The third-order valence-electron chi connectivity index (χ3n) is 4.15. The molecule has 0 bridgehead atoms. The molecule has 1 fully saturated rings. The fraction of sp³-hybridized carbons (Fsp3) is 0.625. The van der Waals surface area contributed by atoms with Crippen molar-refractivity contribution >= 4 is 31.9 Å². The fourth-order valence-corrected chi connectivity index (χ4v) is 4.12. The lowest BCUT2D eigenvalue weighted by Crippen LogP contribution is -2.17. The van der Waals surface area contributed by atoms with Crippen molar-refractivity contribution in [2.75, 3.05) is 20.3 Å². The Labute approximate surface area is 138 Å². The summed E-state index contributed by atoms with van der Waals surface area (Å²) in [4.78, 5) is 0.404. The second-order valence-corrected chi connectivity index (χ2v) is 7.52. The summed E-state index contributed by atoms with van der Waals surface area (Å²) < 4.78 is 11.7. The molecule has 0 radical (unpaired) electrons. The molecule has 1 aromatic rings. The van der Waals surface area contributed by atoms with Gasteiger partial charge in [-0.25, -0.2) is 0 Å². The lowest BCUT2D eigenvalue weighted by molar-refractivity contribution is 0.146. The van der Waals surface area contributed by atoms with Crippen LogP contribution in [0.4, 0.5) is 0 Å². The third-order valence-corrected chi connectivity index (χ3v) is 6.40. The van der Waals surface area contributed by atoms with Crippen LogP contribution in [0.3, 0.4) is 0 Å². The molecule has 1 atom stereocenters. The summed E-state index contributed by atoms with van der Waals surface area (Å²) in [6, 6.07) is 6.38. The van der Waals surface area contributed by atoms with Crippen molar-refractivity contribution in [2.24, 2.45) is 5.41 Å². The molecule has 1 saturated carbocycles. The van der Waals surface area contributed by atoms with Crippen LogP contribution < -0.4 is 4.74 Å². The zero-order valence-electron chi connectivity index (χ0n) is 12.1. The highest BCUT2D eigenvalue weighted by Gasteiger charge is 2.36. The largest absolute Gasteiger partial charge is 0.490 e. The minimum Gasteiger partial charge on any atom is -0.490 e. The molecule has 1 aliphatic rings. The van der Waals surface area contributed by atoms with Crippen molar-refractivity contribution in [1.82, 2.24) is 0 Å². The van der Waals surface area contributed by atoms with E-state index < -0.39 is 0 Å². The van der Waals surface area contributed by atoms with Gasteiger partial charge in [0.1, 0.15) is 12.4 Å². The molecular weight excluding hydrogens is 384 g/mol. The van der Waals surface area contributed by atoms with Crippen molar-refractivity contribution in [3.8, 4) is 5.75 Å². The first-order valence-electron chi connectivity index (χ1n) is 7.12. The normalized spacial score (nSPS) is 19.0. The molecule has 1 aromatic carbocycles. The molecule has 0 aromatic heterocycles. The highest BCUT2D eigenvalue weighted by molar-refractivity contribution is 9.10. The Balaban J connectivity index is 2.08. The van der Waals surface area contributed by atoms with Crippen molar-refractivity contribution in [3.05, 3.63) is 28.2 Å². The Bertz CT molecular complexity index is 442. The van der Waals surface area contributed by atoms with E-state index in [1.165, 1.54) is 31.2 Å². The maximum absolute atomic E-state index is 5.68. The minimum atomic E-state index is 0.373. The first kappa shape index (κ1) is 16.3. The van der Waals surface area contributed by atoms with Gasteiger partial charge in [0.25, 0.3) is 0 Å². The molecule has 0 spiro atoms. The van der Waals surface area contributed by atoms with Crippen molar-refractivity contribution < 1.29 is 9.47 Å². The quantitative estimate of drug-likeness (QED) is 0.460. The smallest absolute Gasteiger partial charge is 0.133 e. The summed E-state index contributed by atoms with van der Waals surface area (Å²) in [6.07, 6.45) is 5.29. The molecule has 1 aliphatic carbocycles. The Hall–Kier alpha value is -0.0600. The van der Waals surface area contributed by atoms with Gasteiger partial charge in [-0.1, -0.05) is 41.8 Å². The number of ether oxygens (including phenoxy) is 2. The van der Waals surface area contributed by atoms with E-state index in [2.05, 4.69) is 50.9 Å². The molecule has 2 rings (SSSR count). The van der Waals surface area contributed by atoms with Crippen molar-refractivity contribution in [1.29, 1.82) is 0 Å². The summed E-state index contributed by atoms with van der Waals surface area (Å²) in [6.45, 7) is 3.56. The van der Waals surface area contributed by atoms with E-state index >= 15 is 0 Å². The van der Waals surface area contributed by atoms with Gasteiger partial charge in [-0.05, 0) is 51.9 Å². The van der Waals surface area contributed by atoms with Crippen LogP contribution in [0.25, 0.3) is 0 Å². The molecule has 0 saturated heterocycles. The van der Waals surface area contributed by atoms with E-state index in [4.69, 9.17) is 9.47 Å². The number of methoxy groups -OCH3 is 1. The monoisotopic (exact) mass is 404 g/mol. The molecule has 4 heteroatoms. The van der Waals surface area contributed by atoms with Gasteiger partial charge in [0.05, 0.1) is 11.1 Å². The number of alkyl halides is 1. The van der Waals surface area contributed by atoms with Gasteiger partial charge in [0.15, 0.2) is 0 Å². The molecule has 20 heavy (non-hydrogen) atoms. The number of hydrogen-bond donors (Lipinski definition) is 0. The molecule has 1 unspecified atom stereocenters. The van der Waals surface area contributed by atoms with Crippen LogP contribution >= 0.6 is 31.9 Å². The lowest BCUT2D eigenvalue weighted by Gasteiger charge is -2.30. The third kappa shape index (κ3) is 3.77. The Morgan fingerprint density at radius 2 is 1.95 bits per heavy atom. The predicted molar refractivity (Wildman–Crippen MR) is 89.8 cm³/mol. The van der Waals surface area contributed by atoms with Crippen LogP contribution in [0.2, 0.25) is 0 Å². The zero-order valence-corrected chi connectivity index (χ0v) is 15.3. The Morgan fingerprint density at radius 1 is 1.25 bits per heavy atom. The highest BCUT2D eigenvalue weighted by atomic mass is 79.9. The standard InChI is InChI=1S/C16H22Br2O2/c1-16(7-3-4-8-16)15(18)12-5-6-14(13(17)11-12)20-10-9-19-2/h5-6,11,15H,3-4,7-10H2,1-2H3. The van der Waals surface area contributed by atoms with Crippen LogP contribution in [-0.2, 0) is 4.74 Å². The molecular formula is C16H22Br2O2. The molecule has 0 N–H and O–H groups in total. The average Bonchev–Trinajstić information content (AvgIpc) is 2.88. The van der Waals surface area contributed by atoms with E-state index in [1.54, 1.807) is 7.11 Å². The number of hydrogen-bond acceptors (Lipinski definition) is 2. The van der Waals surface area contributed by atoms with E-state index in [-0.39, 0.29) is 0 Å². The molecule has 112 valence electrons. The number of benzene rings is 1. The SMILES string of the molecule is COCCOc1ccc(C(Br)C2(C)CCCC2)cc1Br. The summed E-state index contributed by atoms with van der Waals surface area (Å²) in [5.41, 5.74) is 1.69. The van der Waals surface area contributed by atoms with Crippen LogP contribution in [0.15, 0.2) is 22.7 Å². The van der Waals surface area contributed by atoms with Gasteiger partial charge in [-0.2, -0.15) is 0 Å². The predicted octanol–water partition coefficient (Wildman–Crippen LogP) is 5.49. The van der Waals surface area contributed by atoms with Gasteiger partial charge < -0.3 is 9.47 Å². The average molecular weight is 406 g/mol. The number of halogens is 2. The summed E-state index contributed by atoms with van der Waals surface area (Å²) in [5.74, 6) is 0.877. The second-order valence-electron chi connectivity index (χ2n) is 5.75. The van der Waals surface area contributed by atoms with E-state index in [0.29, 0.717) is 23.5 Å². The van der Waals surface area contributed by atoms with E-state index in [9.17, 15) is 0 Å². The summed E-state index contributed by atoms with van der Waals surface area (Å²) in [7, 11) is 1.68. The van der Waals surface area contributed by atoms with Gasteiger partial charge >= 0.3 is 0 Å². The van der Waals surface area contributed by atoms with Crippen LogP contribution in [-0.4, -0.2) is 20.3 Å². The van der Waals surface area contributed by atoms with Crippen LogP contribution in [0.1, 0.15) is 43.0 Å². The van der Waals surface area contributed by atoms with Gasteiger partial charge in [0, 0.05) is 11.9 Å². The summed E-state index contributed by atoms with van der Waals surface area (Å²) in [5, 5.41) is 0. The lowest BCUT2D eigenvalue weighted by atomic mass is 9.82. The van der Waals surface area contributed by atoms with E-state index in [1.807, 2.05) is 6.07 Å². The van der Waals surface area contributed by atoms with Crippen LogP contribution in [0, 0.1) is 5.41 Å². The first-order chi connectivity index (χ1) is 9.57. The summed E-state index contributed by atoms with van der Waals surface area (Å²) >= 11 is 7.52. The maximum atomic E-state index is 5.68. The highest BCUT2D eigenvalue weighted by Crippen LogP contribution is 2.52. The topological polar surface area (TPSA) is 18.5 Å². The molecule has 0 amide bonds. The zero-order chi connectivity index (χ0) is 14.6. The molecule has 0 heterocycles. The van der Waals surface area contributed by atoms with Gasteiger partial charge in [-0.15, -0.1) is 0 Å². The van der Waals surface area contributed by atoms with Gasteiger partial charge in [-0.3, -0.25) is 0 Å². The molecule has 0 aliphatic heterocycles. The number of rotatable bonds is 6. The van der Waals surface area contributed by atoms with Crippen molar-refractivity contribution in [2.45, 2.75) is 37.4 Å². The van der Waals surface area contributed by atoms with Crippen LogP contribution in [0.5, 0.6) is 5.75 Å². The van der Waals surface area contributed by atoms with E-state index in [0.717, 1.165) is 10.2 Å². The Kier molecular flexibility index (Phi) is 5.94. The maximum Gasteiger partial charge on any atom is 0.133 e. The Morgan fingerprint density at radius 3 is 2.55 bits per heavy atom. The first-order valence-corrected chi connectivity index (χ1v) is 8.83. The van der Waals surface area contributed by atoms with Crippen molar-refractivity contribution in [3.63, 3.8) is 0 Å². The fourth-order valence-electron chi connectivity index (χ4n) is 2.87. The second kappa shape index (κ2) is 7.28. The van der Waals surface area contributed by atoms with Gasteiger partial charge in [0.2, 0.25) is 0 Å². The minimum absolute atomic E-state index is 0.373. The molecule has 2 nitrogen and oxygen atoms in total.